The van der Waals surface area contributed by atoms with Crippen molar-refractivity contribution >= 4 is 34.2 Å². The zero-order valence-electron chi connectivity index (χ0n) is 17.5. The molecule has 32 heavy (non-hydrogen) atoms. The van der Waals surface area contributed by atoms with Crippen LogP contribution in [0.4, 0.5) is 11.4 Å². The number of carbonyl (C=O) groups is 2. The summed E-state index contributed by atoms with van der Waals surface area (Å²) in [5.41, 5.74) is 4.06. The van der Waals surface area contributed by atoms with Crippen LogP contribution in [-0.2, 0) is 9.59 Å². The molecule has 1 fully saturated rings. The van der Waals surface area contributed by atoms with Crippen LogP contribution in [0.5, 0.6) is 5.75 Å². The summed E-state index contributed by atoms with van der Waals surface area (Å²) in [5, 5.41) is 2.96. The highest BCUT2D eigenvalue weighted by Gasteiger charge is 2.36. The molecule has 0 aliphatic carbocycles. The van der Waals surface area contributed by atoms with E-state index in [4.69, 9.17) is 4.74 Å². The summed E-state index contributed by atoms with van der Waals surface area (Å²) in [5.74, 6) is 0.631. The number of H-pyrrole nitrogens is 1. The van der Waals surface area contributed by atoms with E-state index in [-0.39, 0.29) is 18.2 Å². The molecule has 0 radical (unpaired) electrons. The van der Waals surface area contributed by atoms with Crippen LogP contribution in [0.2, 0.25) is 0 Å². The smallest absolute Gasteiger partial charge is 0.229 e. The highest BCUT2D eigenvalue weighted by molar-refractivity contribution is 6.04. The van der Waals surface area contributed by atoms with Crippen molar-refractivity contribution in [1.82, 2.24) is 9.97 Å². The van der Waals surface area contributed by atoms with E-state index < -0.39 is 5.92 Å². The number of aromatic nitrogens is 2. The van der Waals surface area contributed by atoms with E-state index in [0.29, 0.717) is 23.7 Å². The predicted molar refractivity (Wildman–Crippen MR) is 124 cm³/mol. The van der Waals surface area contributed by atoms with E-state index in [9.17, 15) is 9.59 Å². The first kappa shape index (κ1) is 19.8. The number of amides is 2. The quantitative estimate of drug-likeness (QED) is 0.500. The minimum Gasteiger partial charge on any atom is -0.495 e. The van der Waals surface area contributed by atoms with E-state index in [1.54, 1.807) is 18.1 Å². The molecule has 1 aliphatic rings. The molecule has 4 aromatic rings. The first-order chi connectivity index (χ1) is 15.6. The normalized spacial score (nSPS) is 15.8. The Bertz CT molecular complexity index is 1280. The minimum absolute atomic E-state index is 0.0920. The van der Waals surface area contributed by atoms with Crippen molar-refractivity contribution in [3.8, 4) is 17.1 Å². The molecule has 1 saturated heterocycles. The monoisotopic (exact) mass is 426 g/mol. The van der Waals surface area contributed by atoms with Gasteiger partial charge in [0.2, 0.25) is 11.8 Å². The molecule has 5 rings (SSSR count). The molecule has 1 unspecified atom stereocenters. The van der Waals surface area contributed by atoms with Crippen LogP contribution in [0.25, 0.3) is 22.4 Å². The Morgan fingerprint density at radius 1 is 1.09 bits per heavy atom. The number of hydrogen-bond donors (Lipinski definition) is 2. The SMILES string of the molecule is COc1ccccc1N1CC(C(=O)Nc2cccc(-c3nc4ccccc4[nH]3)c2)CC1=O. The molecule has 0 spiro atoms. The third-order valence-corrected chi connectivity index (χ3v) is 5.66. The fourth-order valence-electron chi connectivity index (χ4n) is 4.05. The number of para-hydroxylation sites is 4. The van der Waals surface area contributed by atoms with Crippen molar-refractivity contribution in [2.75, 3.05) is 23.9 Å². The molecule has 160 valence electrons. The fraction of sp³-hybridized carbons (Fsp3) is 0.160. The average molecular weight is 426 g/mol. The van der Waals surface area contributed by atoms with Crippen molar-refractivity contribution in [3.63, 3.8) is 0 Å². The summed E-state index contributed by atoms with van der Waals surface area (Å²) >= 11 is 0. The number of anilines is 2. The van der Waals surface area contributed by atoms with Gasteiger partial charge in [0.25, 0.3) is 0 Å². The van der Waals surface area contributed by atoms with E-state index in [0.717, 1.165) is 22.4 Å². The first-order valence-corrected chi connectivity index (χ1v) is 10.4. The number of hydrogen-bond acceptors (Lipinski definition) is 4. The zero-order valence-corrected chi connectivity index (χ0v) is 17.5. The van der Waals surface area contributed by atoms with E-state index in [2.05, 4.69) is 15.3 Å². The predicted octanol–water partition coefficient (Wildman–Crippen LogP) is 4.23. The lowest BCUT2D eigenvalue weighted by molar-refractivity contribution is -0.122. The van der Waals surface area contributed by atoms with Crippen molar-refractivity contribution < 1.29 is 14.3 Å². The Hall–Kier alpha value is -4.13. The van der Waals surface area contributed by atoms with Gasteiger partial charge in [0, 0.05) is 24.2 Å². The van der Waals surface area contributed by atoms with Gasteiger partial charge in [-0.1, -0.05) is 36.4 Å². The Balaban J connectivity index is 1.32. The summed E-state index contributed by atoms with van der Waals surface area (Å²) in [4.78, 5) is 35.1. The molecule has 7 heteroatoms. The lowest BCUT2D eigenvalue weighted by atomic mass is 10.1. The van der Waals surface area contributed by atoms with Crippen LogP contribution in [0, 0.1) is 5.92 Å². The largest absolute Gasteiger partial charge is 0.495 e. The van der Waals surface area contributed by atoms with Gasteiger partial charge in [-0.05, 0) is 36.4 Å². The number of imidazole rings is 1. The minimum atomic E-state index is -0.442. The van der Waals surface area contributed by atoms with Crippen LogP contribution in [0.3, 0.4) is 0 Å². The second-order valence-electron chi connectivity index (χ2n) is 7.75. The van der Waals surface area contributed by atoms with Gasteiger partial charge in [-0.2, -0.15) is 0 Å². The van der Waals surface area contributed by atoms with E-state index >= 15 is 0 Å². The molecule has 1 atom stereocenters. The Morgan fingerprint density at radius 3 is 2.75 bits per heavy atom. The molecular formula is C25H22N4O3. The number of benzene rings is 3. The van der Waals surface area contributed by atoms with Crippen molar-refractivity contribution in [3.05, 3.63) is 72.8 Å². The number of nitrogens with one attached hydrogen (secondary N) is 2. The fourth-order valence-corrected chi connectivity index (χ4v) is 4.05. The number of aromatic amines is 1. The number of nitrogens with zero attached hydrogens (tertiary/aromatic N) is 2. The number of methoxy groups -OCH3 is 1. The summed E-state index contributed by atoms with van der Waals surface area (Å²) in [6.07, 6.45) is 0.160. The van der Waals surface area contributed by atoms with E-state index in [1.807, 2.05) is 66.7 Å². The third-order valence-electron chi connectivity index (χ3n) is 5.66. The second kappa shape index (κ2) is 8.19. The van der Waals surface area contributed by atoms with E-state index in [1.165, 1.54) is 0 Å². The molecule has 1 aliphatic heterocycles. The van der Waals surface area contributed by atoms with Crippen LogP contribution in [0.15, 0.2) is 72.8 Å². The maximum atomic E-state index is 12.9. The summed E-state index contributed by atoms with van der Waals surface area (Å²) in [7, 11) is 1.57. The molecule has 3 aromatic carbocycles. The van der Waals surface area contributed by atoms with Gasteiger partial charge in [-0.15, -0.1) is 0 Å². The van der Waals surface area contributed by atoms with Gasteiger partial charge in [0.05, 0.1) is 29.7 Å². The summed E-state index contributed by atoms with van der Waals surface area (Å²) in [6.45, 7) is 0.314. The van der Waals surface area contributed by atoms with Crippen LogP contribution in [-0.4, -0.2) is 35.4 Å². The van der Waals surface area contributed by atoms with Crippen molar-refractivity contribution in [1.29, 1.82) is 0 Å². The molecular weight excluding hydrogens is 404 g/mol. The van der Waals surface area contributed by atoms with Gasteiger partial charge in [-0.25, -0.2) is 4.98 Å². The third kappa shape index (κ3) is 3.69. The lowest BCUT2D eigenvalue weighted by Crippen LogP contribution is -2.28. The lowest BCUT2D eigenvalue weighted by Gasteiger charge is -2.19. The van der Waals surface area contributed by atoms with Crippen molar-refractivity contribution in [2.45, 2.75) is 6.42 Å². The van der Waals surface area contributed by atoms with Gasteiger partial charge in [-0.3, -0.25) is 9.59 Å². The Kier molecular flexibility index (Phi) is 5.07. The molecule has 2 N–H and O–H groups in total. The molecule has 1 aromatic heterocycles. The van der Waals surface area contributed by atoms with Crippen LogP contribution >= 0.6 is 0 Å². The number of rotatable bonds is 5. The highest BCUT2D eigenvalue weighted by Crippen LogP contribution is 2.33. The number of ether oxygens (including phenoxy) is 1. The standard InChI is InChI=1S/C25H22N4O3/c1-32-22-12-5-4-11-21(22)29-15-17(14-23(29)30)25(31)26-18-8-6-7-16(13-18)24-27-19-9-2-3-10-20(19)28-24/h2-13,17H,14-15H2,1H3,(H,26,31)(H,27,28). The topological polar surface area (TPSA) is 87.3 Å². The van der Waals surface area contributed by atoms with Gasteiger partial charge in [0.15, 0.2) is 0 Å². The van der Waals surface area contributed by atoms with Gasteiger partial charge < -0.3 is 19.9 Å². The summed E-state index contributed by atoms with van der Waals surface area (Å²) in [6, 6.07) is 22.7. The van der Waals surface area contributed by atoms with Crippen LogP contribution < -0.4 is 15.0 Å². The molecule has 7 nitrogen and oxygen atoms in total. The Morgan fingerprint density at radius 2 is 1.91 bits per heavy atom. The second-order valence-corrected chi connectivity index (χ2v) is 7.75. The Labute approximate surface area is 185 Å². The molecule has 0 bridgehead atoms. The van der Waals surface area contributed by atoms with Crippen molar-refractivity contribution in [2.24, 2.45) is 5.92 Å². The molecule has 0 saturated carbocycles. The number of carbonyl (C=O) groups excluding carboxylic acids is 2. The first-order valence-electron chi connectivity index (χ1n) is 10.4. The molecule has 2 amide bonds. The maximum Gasteiger partial charge on any atom is 0.229 e. The average Bonchev–Trinajstić information content (AvgIpc) is 3.43. The van der Waals surface area contributed by atoms with Crippen LogP contribution in [0.1, 0.15) is 6.42 Å². The zero-order chi connectivity index (χ0) is 22.1. The maximum absolute atomic E-state index is 12.9. The number of fused-ring (bicyclic) bond motifs is 1. The van der Waals surface area contributed by atoms with Gasteiger partial charge in [0.1, 0.15) is 11.6 Å². The van der Waals surface area contributed by atoms with Gasteiger partial charge >= 0.3 is 0 Å². The highest BCUT2D eigenvalue weighted by atomic mass is 16.5. The summed E-state index contributed by atoms with van der Waals surface area (Å²) < 4.78 is 5.37. The molecule has 2 heterocycles.